The summed E-state index contributed by atoms with van der Waals surface area (Å²) in [4.78, 5) is 0. The lowest BCUT2D eigenvalue weighted by atomic mass is 10.1. The minimum atomic E-state index is 0.511. The Morgan fingerprint density at radius 3 is 2.86 bits per heavy atom. The van der Waals surface area contributed by atoms with E-state index in [1.165, 1.54) is 0 Å². The van der Waals surface area contributed by atoms with E-state index in [0.717, 1.165) is 17.9 Å². The number of halogens is 1. The maximum absolute atomic E-state index is 5.83. The van der Waals surface area contributed by atoms with Crippen molar-refractivity contribution in [3.8, 4) is 5.75 Å². The summed E-state index contributed by atoms with van der Waals surface area (Å²) in [7, 11) is 0. The number of rotatable bonds is 5. The van der Waals surface area contributed by atoms with E-state index >= 15 is 0 Å². The SMILES string of the molecule is CCC(CS)COc1cccc(Cl)c1. The first-order chi connectivity index (χ1) is 6.76. The lowest BCUT2D eigenvalue weighted by molar-refractivity contribution is 0.259. The summed E-state index contributed by atoms with van der Waals surface area (Å²) in [6.07, 6.45) is 1.09. The molecule has 0 spiro atoms. The molecule has 0 heterocycles. The zero-order valence-corrected chi connectivity index (χ0v) is 9.89. The fourth-order valence-electron chi connectivity index (χ4n) is 1.07. The minimum absolute atomic E-state index is 0.511. The Hall–Kier alpha value is -0.340. The van der Waals surface area contributed by atoms with Crippen LogP contribution in [0.4, 0.5) is 0 Å². The van der Waals surface area contributed by atoms with Crippen molar-refractivity contribution in [3.05, 3.63) is 29.3 Å². The van der Waals surface area contributed by atoms with E-state index < -0.39 is 0 Å². The molecule has 0 aromatic heterocycles. The highest BCUT2D eigenvalue weighted by molar-refractivity contribution is 7.80. The molecule has 1 atom stereocenters. The standard InChI is InChI=1S/C11H15ClOS/c1-2-9(8-14)7-13-11-5-3-4-10(12)6-11/h3-6,9,14H,2,7-8H2,1H3. The minimum Gasteiger partial charge on any atom is -0.493 e. The topological polar surface area (TPSA) is 9.23 Å². The Labute approximate surface area is 95.8 Å². The molecule has 1 aromatic carbocycles. The summed E-state index contributed by atoms with van der Waals surface area (Å²) < 4.78 is 5.60. The molecule has 1 rings (SSSR count). The zero-order chi connectivity index (χ0) is 10.4. The van der Waals surface area contributed by atoms with E-state index in [4.69, 9.17) is 16.3 Å². The van der Waals surface area contributed by atoms with Crippen LogP contribution in [0.2, 0.25) is 5.02 Å². The normalized spacial score (nSPS) is 12.5. The van der Waals surface area contributed by atoms with Gasteiger partial charge < -0.3 is 4.74 Å². The molecule has 0 aliphatic rings. The second-order valence-electron chi connectivity index (χ2n) is 3.23. The van der Waals surface area contributed by atoms with E-state index in [1.807, 2.05) is 24.3 Å². The molecular weight excluding hydrogens is 216 g/mol. The van der Waals surface area contributed by atoms with E-state index in [0.29, 0.717) is 17.5 Å². The Bertz CT molecular complexity index is 274. The number of benzene rings is 1. The third kappa shape index (κ3) is 3.81. The van der Waals surface area contributed by atoms with Gasteiger partial charge in [0.05, 0.1) is 6.61 Å². The van der Waals surface area contributed by atoms with Crippen molar-refractivity contribution in [2.45, 2.75) is 13.3 Å². The largest absolute Gasteiger partial charge is 0.493 e. The van der Waals surface area contributed by atoms with Gasteiger partial charge in [-0.25, -0.2) is 0 Å². The van der Waals surface area contributed by atoms with Crippen LogP contribution in [-0.4, -0.2) is 12.4 Å². The molecule has 1 aromatic rings. The maximum atomic E-state index is 5.83. The molecule has 1 nitrogen and oxygen atoms in total. The summed E-state index contributed by atoms with van der Waals surface area (Å²) in [6, 6.07) is 7.47. The maximum Gasteiger partial charge on any atom is 0.120 e. The van der Waals surface area contributed by atoms with Crippen LogP contribution in [0.1, 0.15) is 13.3 Å². The molecule has 78 valence electrons. The molecule has 0 aliphatic carbocycles. The summed E-state index contributed by atoms with van der Waals surface area (Å²) in [6.45, 7) is 2.85. The lowest BCUT2D eigenvalue weighted by Crippen LogP contribution is -2.12. The second-order valence-corrected chi connectivity index (χ2v) is 4.03. The molecule has 0 amide bonds. The van der Waals surface area contributed by atoms with Crippen LogP contribution in [0, 0.1) is 5.92 Å². The van der Waals surface area contributed by atoms with Gasteiger partial charge in [-0.1, -0.05) is 24.6 Å². The Morgan fingerprint density at radius 1 is 1.50 bits per heavy atom. The predicted molar refractivity (Wildman–Crippen MR) is 64.6 cm³/mol. The molecule has 0 fully saturated rings. The van der Waals surface area contributed by atoms with Crippen molar-refractivity contribution >= 4 is 24.2 Å². The fraction of sp³-hybridized carbons (Fsp3) is 0.455. The Morgan fingerprint density at radius 2 is 2.29 bits per heavy atom. The van der Waals surface area contributed by atoms with Gasteiger partial charge in [-0.15, -0.1) is 0 Å². The monoisotopic (exact) mass is 230 g/mol. The van der Waals surface area contributed by atoms with E-state index in [-0.39, 0.29) is 0 Å². The van der Waals surface area contributed by atoms with Gasteiger partial charge in [0, 0.05) is 10.9 Å². The van der Waals surface area contributed by atoms with Crippen molar-refractivity contribution in [2.24, 2.45) is 5.92 Å². The van der Waals surface area contributed by atoms with Crippen LogP contribution < -0.4 is 4.74 Å². The summed E-state index contributed by atoms with van der Waals surface area (Å²) in [5.74, 6) is 2.20. The van der Waals surface area contributed by atoms with Gasteiger partial charge in [0.15, 0.2) is 0 Å². The van der Waals surface area contributed by atoms with Crippen molar-refractivity contribution in [1.29, 1.82) is 0 Å². The molecule has 0 aliphatic heterocycles. The van der Waals surface area contributed by atoms with Gasteiger partial charge in [-0.2, -0.15) is 12.6 Å². The van der Waals surface area contributed by atoms with Crippen molar-refractivity contribution in [3.63, 3.8) is 0 Å². The zero-order valence-electron chi connectivity index (χ0n) is 8.24. The van der Waals surface area contributed by atoms with Gasteiger partial charge in [-0.05, 0) is 30.4 Å². The molecule has 1 unspecified atom stereocenters. The quantitative estimate of drug-likeness (QED) is 0.760. The van der Waals surface area contributed by atoms with Gasteiger partial charge in [0.2, 0.25) is 0 Å². The lowest BCUT2D eigenvalue weighted by Gasteiger charge is -2.13. The molecule has 3 heteroatoms. The summed E-state index contributed by atoms with van der Waals surface area (Å²) in [5, 5.41) is 0.710. The second kappa shape index (κ2) is 6.20. The van der Waals surface area contributed by atoms with E-state index in [1.54, 1.807) is 0 Å². The third-order valence-corrected chi connectivity index (χ3v) is 2.87. The highest BCUT2D eigenvalue weighted by Gasteiger charge is 2.04. The molecular formula is C11H15ClOS. The van der Waals surface area contributed by atoms with E-state index in [2.05, 4.69) is 19.6 Å². The number of hydrogen-bond donors (Lipinski definition) is 1. The molecule has 0 bridgehead atoms. The Kier molecular flexibility index (Phi) is 5.20. The number of hydrogen-bond acceptors (Lipinski definition) is 2. The van der Waals surface area contributed by atoms with E-state index in [9.17, 15) is 0 Å². The first-order valence-corrected chi connectivity index (χ1v) is 5.76. The fourth-order valence-corrected chi connectivity index (χ4v) is 1.61. The first kappa shape index (κ1) is 11.7. The van der Waals surface area contributed by atoms with Crippen LogP contribution >= 0.6 is 24.2 Å². The molecule has 0 radical (unpaired) electrons. The van der Waals surface area contributed by atoms with Crippen molar-refractivity contribution in [2.75, 3.05) is 12.4 Å². The molecule has 0 N–H and O–H groups in total. The average Bonchev–Trinajstić information content (AvgIpc) is 2.19. The average molecular weight is 231 g/mol. The highest BCUT2D eigenvalue weighted by atomic mass is 35.5. The molecule has 14 heavy (non-hydrogen) atoms. The van der Waals surface area contributed by atoms with Crippen molar-refractivity contribution < 1.29 is 4.74 Å². The smallest absolute Gasteiger partial charge is 0.120 e. The van der Waals surface area contributed by atoms with Gasteiger partial charge in [0.25, 0.3) is 0 Å². The van der Waals surface area contributed by atoms with Crippen LogP contribution in [0.3, 0.4) is 0 Å². The molecule has 0 saturated carbocycles. The number of thiol groups is 1. The van der Waals surface area contributed by atoms with Gasteiger partial charge in [0.1, 0.15) is 5.75 Å². The summed E-state index contributed by atoms with van der Waals surface area (Å²) in [5.41, 5.74) is 0. The van der Waals surface area contributed by atoms with Gasteiger partial charge >= 0.3 is 0 Å². The van der Waals surface area contributed by atoms with Crippen LogP contribution in [0.5, 0.6) is 5.75 Å². The molecule has 0 saturated heterocycles. The van der Waals surface area contributed by atoms with Crippen molar-refractivity contribution in [1.82, 2.24) is 0 Å². The summed E-state index contributed by atoms with van der Waals surface area (Å²) >= 11 is 10.1. The van der Waals surface area contributed by atoms with Crippen LogP contribution in [0.15, 0.2) is 24.3 Å². The number of ether oxygens (including phenoxy) is 1. The predicted octanol–water partition coefficient (Wildman–Crippen LogP) is 3.67. The van der Waals surface area contributed by atoms with Gasteiger partial charge in [-0.3, -0.25) is 0 Å². The Balaban J connectivity index is 2.44. The third-order valence-electron chi connectivity index (χ3n) is 2.12. The van der Waals surface area contributed by atoms with Crippen LogP contribution in [0.25, 0.3) is 0 Å². The highest BCUT2D eigenvalue weighted by Crippen LogP contribution is 2.18. The first-order valence-electron chi connectivity index (χ1n) is 4.75. The van der Waals surface area contributed by atoms with Crippen LogP contribution in [-0.2, 0) is 0 Å².